The van der Waals surface area contributed by atoms with Gasteiger partial charge in [-0.15, -0.1) is 12.4 Å². The number of hydrogen-bond donors (Lipinski definition) is 1. The van der Waals surface area contributed by atoms with Crippen LogP contribution in [0.25, 0.3) is 11.3 Å². The molecule has 2 N–H and O–H groups in total. The monoisotopic (exact) mass is 280 g/mol. The summed E-state index contributed by atoms with van der Waals surface area (Å²) >= 11 is 0. The molecule has 5 heteroatoms. The Morgan fingerprint density at radius 3 is 3.00 bits per heavy atom. The zero-order chi connectivity index (χ0) is 12.4. The number of rotatable bonds is 2. The van der Waals surface area contributed by atoms with Crippen molar-refractivity contribution in [3.05, 3.63) is 41.9 Å². The molecule has 0 spiro atoms. The van der Waals surface area contributed by atoms with Crippen molar-refractivity contribution in [1.82, 2.24) is 4.98 Å². The minimum Gasteiger partial charge on any atom is -0.444 e. The molecular weight excluding hydrogens is 264 g/mol. The number of hydrogen-bond acceptors (Lipinski definition) is 4. The highest BCUT2D eigenvalue weighted by Crippen LogP contribution is 2.33. The first-order chi connectivity index (χ1) is 8.90. The van der Waals surface area contributed by atoms with Crippen LogP contribution in [0.4, 0.5) is 0 Å². The van der Waals surface area contributed by atoms with Gasteiger partial charge < -0.3 is 14.9 Å². The van der Waals surface area contributed by atoms with E-state index in [-0.39, 0.29) is 18.5 Å². The van der Waals surface area contributed by atoms with Crippen LogP contribution in [-0.2, 0) is 11.2 Å². The molecule has 0 unspecified atom stereocenters. The highest BCUT2D eigenvalue weighted by molar-refractivity contribution is 5.85. The van der Waals surface area contributed by atoms with Crippen LogP contribution in [0.3, 0.4) is 0 Å². The molecule has 1 aromatic carbocycles. The number of nitrogens with two attached hydrogens (primary N) is 1. The lowest BCUT2D eigenvalue weighted by atomic mass is 9.93. The second kappa shape index (κ2) is 6.19. The Kier molecular flexibility index (Phi) is 4.58. The topological polar surface area (TPSA) is 61.3 Å². The number of halogens is 1. The molecule has 1 aliphatic rings. The van der Waals surface area contributed by atoms with Gasteiger partial charge in [0.25, 0.3) is 0 Å². The zero-order valence-corrected chi connectivity index (χ0v) is 11.4. The van der Waals surface area contributed by atoms with Gasteiger partial charge in [-0.25, -0.2) is 4.98 Å². The summed E-state index contributed by atoms with van der Waals surface area (Å²) in [6, 6.07) is 6.18. The summed E-state index contributed by atoms with van der Waals surface area (Å²) in [4.78, 5) is 3.99. The van der Waals surface area contributed by atoms with E-state index >= 15 is 0 Å². The minimum atomic E-state index is -0.00892. The van der Waals surface area contributed by atoms with Crippen molar-refractivity contribution >= 4 is 12.4 Å². The summed E-state index contributed by atoms with van der Waals surface area (Å²) in [7, 11) is 0. The molecule has 2 heterocycles. The molecule has 1 atom stereocenters. The maximum Gasteiger partial charge on any atom is 0.181 e. The molecule has 3 rings (SSSR count). The fourth-order valence-electron chi connectivity index (χ4n) is 2.52. The first-order valence-corrected chi connectivity index (χ1v) is 6.22. The van der Waals surface area contributed by atoms with Crippen LogP contribution < -0.4 is 5.73 Å². The zero-order valence-electron chi connectivity index (χ0n) is 10.5. The SMILES string of the molecule is Cl.NC[C@@H]1OCCCc2c(-c3cnco3)cccc21. The van der Waals surface area contributed by atoms with Crippen LogP contribution in [0.1, 0.15) is 23.7 Å². The highest BCUT2D eigenvalue weighted by Gasteiger charge is 2.21. The highest BCUT2D eigenvalue weighted by atomic mass is 35.5. The van der Waals surface area contributed by atoms with Gasteiger partial charge in [0.05, 0.1) is 12.3 Å². The molecule has 1 aliphatic heterocycles. The third-order valence-electron chi connectivity index (χ3n) is 3.36. The van der Waals surface area contributed by atoms with E-state index in [4.69, 9.17) is 14.9 Å². The molecule has 102 valence electrons. The molecule has 0 aliphatic carbocycles. The molecule has 1 aromatic heterocycles. The average Bonchev–Trinajstić information content (AvgIpc) is 2.85. The smallest absolute Gasteiger partial charge is 0.181 e. The van der Waals surface area contributed by atoms with E-state index in [1.165, 1.54) is 17.5 Å². The average molecular weight is 281 g/mol. The molecule has 0 radical (unpaired) electrons. The van der Waals surface area contributed by atoms with Crippen LogP contribution in [0, 0.1) is 0 Å². The van der Waals surface area contributed by atoms with Crippen LogP contribution >= 0.6 is 12.4 Å². The first kappa shape index (κ1) is 14.1. The molecule has 0 saturated carbocycles. The quantitative estimate of drug-likeness (QED) is 0.919. The summed E-state index contributed by atoms with van der Waals surface area (Å²) in [5.74, 6) is 0.810. The fraction of sp³-hybridized carbons (Fsp3) is 0.357. The summed E-state index contributed by atoms with van der Waals surface area (Å²) in [6.07, 6.45) is 5.20. The Morgan fingerprint density at radius 2 is 2.26 bits per heavy atom. The number of benzene rings is 1. The van der Waals surface area contributed by atoms with Gasteiger partial charge >= 0.3 is 0 Å². The third-order valence-corrected chi connectivity index (χ3v) is 3.36. The third kappa shape index (κ3) is 2.66. The fourth-order valence-corrected chi connectivity index (χ4v) is 2.52. The van der Waals surface area contributed by atoms with E-state index < -0.39 is 0 Å². The first-order valence-electron chi connectivity index (χ1n) is 6.22. The van der Waals surface area contributed by atoms with Gasteiger partial charge in [0.1, 0.15) is 0 Å². The molecule has 4 nitrogen and oxygen atoms in total. The Bertz CT molecular complexity index is 528. The van der Waals surface area contributed by atoms with Crippen molar-refractivity contribution in [2.75, 3.05) is 13.2 Å². The number of fused-ring (bicyclic) bond motifs is 1. The van der Waals surface area contributed by atoms with Crippen molar-refractivity contribution in [3.63, 3.8) is 0 Å². The summed E-state index contributed by atoms with van der Waals surface area (Å²) in [6.45, 7) is 1.26. The maximum absolute atomic E-state index is 5.80. The van der Waals surface area contributed by atoms with Crippen molar-refractivity contribution in [1.29, 1.82) is 0 Å². The Balaban J connectivity index is 0.00000133. The van der Waals surface area contributed by atoms with E-state index in [2.05, 4.69) is 17.1 Å². The standard InChI is InChI=1S/C14H16N2O2.ClH/c15-7-13-11-3-1-4-12(14-8-16-9-18-14)10(11)5-2-6-17-13;/h1,3-4,8-9,13H,2,5-7,15H2;1H/t13-;/m0./s1. The summed E-state index contributed by atoms with van der Waals surface area (Å²) in [5, 5.41) is 0. The lowest BCUT2D eigenvalue weighted by Gasteiger charge is -2.17. The second-order valence-corrected chi connectivity index (χ2v) is 4.44. The van der Waals surface area contributed by atoms with Gasteiger partial charge in [-0.3, -0.25) is 0 Å². The van der Waals surface area contributed by atoms with Gasteiger partial charge in [-0.05, 0) is 24.0 Å². The Labute approximate surface area is 118 Å². The van der Waals surface area contributed by atoms with E-state index in [1.54, 1.807) is 6.20 Å². The van der Waals surface area contributed by atoms with Gasteiger partial charge in [-0.2, -0.15) is 0 Å². The van der Waals surface area contributed by atoms with Gasteiger partial charge in [0.2, 0.25) is 0 Å². The maximum atomic E-state index is 5.80. The normalized spacial score (nSPS) is 18.3. The van der Waals surface area contributed by atoms with Crippen molar-refractivity contribution < 1.29 is 9.15 Å². The minimum absolute atomic E-state index is 0. The molecule has 0 bridgehead atoms. The van der Waals surface area contributed by atoms with E-state index in [1.807, 2.05) is 6.07 Å². The predicted molar refractivity (Wildman–Crippen MR) is 75.3 cm³/mol. The Morgan fingerprint density at radius 1 is 1.37 bits per heavy atom. The number of oxazole rings is 1. The predicted octanol–water partition coefficient (Wildman–Crippen LogP) is 2.73. The molecular formula is C14H17ClN2O2. The summed E-state index contributed by atoms with van der Waals surface area (Å²) in [5.41, 5.74) is 9.36. The number of ether oxygens (including phenoxy) is 1. The molecule has 0 amide bonds. The van der Waals surface area contributed by atoms with Gasteiger partial charge in [0.15, 0.2) is 12.2 Å². The van der Waals surface area contributed by atoms with E-state index in [9.17, 15) is 0 Å². The van der Waals surface area contributed by atoms with E-state index in [0.29, 0.717) is 6.54 Å². The molecule has 0 fully saturated rings. The van der Waals surface area contributed by atoms with Crippen molar-refractivity contribution in [2.45, 2.75) is 18.9 Å². The lowest BCUT2D eigenvalue weighted by molar-refractivity contribution is 0.0627. The number of aromatic nitrogens is 1. The number of nitrogens with zero attached hydrogens (tertiary/aromatic N) is 1. The van der Waals surface area contributed by atoms with Crippen LogP contribution in [0.2, 0.25) is 0 Å². The van der Waals surface area contributed by atoms with Gasteiger partial charge in [-0.1, -0.05) is 18.2 Å². The molecule has 19 heavy (non-hydrogen) atoms. The lowest BCUT2D eigenvalue weighted by Crippen LogP contribution is -2.16. The molecule has 0 saturated heterocycles. The summed E-state index contributed by atoms with van der Waals surface area (Å²) < 4.78 is 11.2. The van der Waals surface area contributed by atoms with Gasteiger partial charge in [0, 0.05) is 18.7 Å². The van der Waals surface area contributed by atoms with Crippen LogP contribution in [-0.4, -0.2) is 18.1 Å². The van der Waals surface area contributed by atoms with Crippen molar-refractivity contribution in [2.24, 2.45) is 5.73 Å². The largest absolute Gasteiger partial charge is 0.444 e. The second-order valence-electron chi connectivity index (χ2n) is 4.44. The molecule has 2 aromatic rings. The van der Waals surface area contributed by atoms with Crippen molar-refractivity contribution in [3.8, 4) is 11.3 Å². The van der Waals surface area contributed by atoms with E-state index in [0.717, 1.165) is 30.8 Å². The van der Waals surface area contributed by atoms with Crippen LogP contribution in [0.15, 0.2) is 35.2 Å². The Hall–Kier alpha value is -1.36. The van der Waals surface area contributed by atoms with Crippen LogP contribution in [0.5, 0.6) is 0 Å².